The summed E-state index contributed by atoms with van der Waals surface area (Å²) in [5.41, 5.74) is 0.237. The van der Waals surface area contributed by atoms with Gasteiger partial charge in [0.25, 0.3) is 0 Å². The summed E-state index contributed by atoms with van der Waals surface area (Å²) in [6.45, 7) is 6.32. The molecule has 0 spiro atoms. The van der Waals surface area contributed by atoms with E-state index in [2.05, 4.69) is 17.2 Å². The van der Waals surface area contributed by atoms with Gasteiger partial charge in [0.15, 0.2) is 0 Å². The van der Waals surface area contributed by atoms with Gasteiger partial charge in [0.05, 0.1) is 12.2 Å². The van der Waals surface area contributed by atoms with E-state index in [4.69, 9.17) is 9.84 Å². The number of carbonyl (C=O) groups excluding carboxylic acids is 1. The summed E-state index contributed by atoms with van der Waals surface area (Å²) in [5.74, 6) is 0.320. The van der Waals surface area contributed by atoms with Crippen molar-refractivity contribution < 1.29 is 14.6 Å². The molecule has 1 rings (SSSR count). The highest BCUT2D eigenvalue weighted by atomic mass is 16.5. The van der Waals surface area contributed by atoms with Gasteiger partial charge in [0, 0.05) is 18.3 Å². The third kappa shape index (κ3) is 4.52. The third-order valence-corrected chi connectivity index (χ3v) is 3.15. The summed E-state index contributed by atoms with van der Waals surface area (Å²) in [5, 5.41) is 12.3. The third-order valence-electron chi connectivity index (χ3n) is 3.15. The molecule has 19 heavy (non-hydrogen) atoms. The minimum atomic E-state index is -0.366. The first kappa shape index (κ1) is 15.4. The lowest BCUT2D eigenvalue weighted by atomic mass is 9.95. The van der Waals surface area contributed by atoms with Crippen molar-refractivity contribution in [2.24, 2.45) is 0 Å². The molecule has 1 aromatic heterocycles. The highest BCUT2D eigenvalue weighted by Gasteiger charge is 2.21. The van der Waals surface area contributed by atoms with Crippen LogP contribution in [-0.4, -0.2) is 34.8 Å². The lowest BCUT2D eigenvalue weighted by Gasteiger charge is -2.29. The number of hydrogen-bond acceptors (Lipinski definition) is 5. The standard InChI is InChI=1S/C14H22N2O3/c1-4-14(3,8-9-17)16-12-7-6-11(10-15-12)13(18)19-5-2/h6-7,10,17H,4-5,8-9H2,1-3H3,(H,15,16). The first-order chi connectivity index (χ1) is 9.04. The average molecular weight is 266 g/mol. The van der Waals surface area contributed by atoms with E-state index in [-0.39, 0.29) is 18.1 Å². The molecular formula is C14H22N2O3. The second kappa shape index (κ2) is 7.09. The topological polar surface area (TPSA) is 71.5 Å². The number of aromatic nitrogens is 1. The smallest absolute Gasteiger partial charge is 0.339 e. The Hall–Kier alpha value is -1.62. The van der Waals surface area contributed by atoms with Crippen molar-refractivity contribution in [3.63, 3.8) is 0 Å². The fourth-order valence-corrected chi connectivity index (χ4v) is 1.69. The Balaban J connectivity index is 2.73. The van der Waals surface area contributed by atoms with Crippen LogP contribution in [0.3, 0.4) is 0 Å². The van der Waals surface area contributed by atoms with Gasteiger partial charge in [-0.25, -0.2) is 9.78 Å². The molecule has 0 saturated carbocycles. The molecule has 106 valence electrons. The number of carbonyl (C=O) groups is 1. The average Bonchev–Trinajstić information content (AvgIpc) is 2.40. The van der Waals surface area contributed by atoms with Gasteiger partial charge in [-0.05, 0) is 38.8 Å². The Morgan fingerprint density at radius 2 is 2.21 bits per heavy atom. The summed E-state index contributed by atoms with van der Waals surface area (Å²) in [6.07, 6.45) is 3.01. The van der Waals surface area contributed by atoms with Gasteiger partial charge in [0.2, 0.25) is 0 Å². The van der Waals surface area contributed by atoms with E-state index in [0.29, 0.717) is 24.4 Å². The summed E-state index contributed by atoms with van der Waals surface area (Å²) in [7, 11) is 0. The predicted molar refractivity (Wildman–Crippen MR) is 74.2 cm³/mol. The van der Waals surface area contributed by atoms with Crippen LogP contribution in [0.25, 0.3) is 0 Å². The molecule has 0 aromatic carbocycles. The molecule has 0 amide bonds. The van der Waals surface area contributed by atoms with Crippen LogP contribution in [0.2, 0.25) is 0 Å². The van der Waals surface area contributed by atoms with E-state index in [1.165, 1.54) is 6.20 Å². The molecule has 1 atom stereocenters. The number of nitrogens with zero attached hydrogens (tertiary/aromatic N) is 1. The fraction of sp³-hybridized carbons (Fsp3) is 0.571. The molecule has 1 aromatic rings. The number of nitrogens with one attached hydrogen (secondary N) is 1. The zero-order chi connectivity index (χ0) is 14.3. The van der Waals surface area contributed by atoms with Crippen LogP contribution in [0.4, 0.5) is 5.82 Å². The van der Waals surface area contributed by atoms with E-state index in [1.54, 1.807) is 19.1 Å². The fourth-order valence-electron chi connectivity index (χ4n) is 1.69. The second-order valence-corrected chi connectivity index (χ2v) is 4.67. The van der Waals surface area contributed by atoms with Crippen LogP contribution in [0.1, 0.15) is 44.0 Å². The lowest BCUT2D eigenvalue weighted by molar-refractivity contribution is 0.0526. The van der Waals surface area contributed by atoms with Gasteiger partial charge < -0.3 is 15.2 Å². The first-order valence-electron chi connectivity index (χ1n) is 6.57. The normalized spacial score (nSPS) is 13.7. The van der Waals surface area contributed by atoms with Gasteiger partial charge in [-0.1, -0.05) is 6.92 Å². The van der Waals surface area contributed by atoms with Crippen molar-refractivity contribution in [2.75, 3.05) is 18.5 Å². The second-order valence-electron chi connectivity index (χ2n) is 4.67. The van der Waals surface area contributed by atoms with Crippen molar-refractivity contribution >= 4 is 11.8 Å². The van der Waals surface area contributed by atoms with E-state index >= 15 is 0 Å². The number of rotatable bonds is 7. The molecular weight excluding hydrogens is 244 g/mol. The van der Waals surface area contributed by atoms with Crippen LogP contribution in [0, 0.1) is 0 Å². The molecule has 1 heterocycles. The van der Waals surface area contributed by atoms with Gasteiger partial charge in [-0.2, -0.15) is 0 Å². The molecule has 0 radical (unpaired) electrons. The van der Waals surface area contributed by atoms with Crippen molar-refractivity contribution in [1.29, 1.82) is 0 Å². The molecule has 5 nitrogen and oxygen atoms in total. The Labute approximate surface area is 114 Å². The van der Waals surface area contributed by atoms with E-state index < -0.39 is 0 Å². The number of pyridine rings is 1. The van der Waals surface area contributed by atoms with Crippen LogP contribution in [0.5, 0.6) is 0 Å². The van der Waals surface area contributed by atoms with Gasteiger partial charge >= 0.3 is 5.97 Å². The number of esters is 1. The van der Waals surface area contributed by atoms with Crippen LogP contribution in [0.15, 0.2) is 18.3 Å². The minimum Gasteiger partial charge on any atom is -0.462 e. The largest absolute Gasteiger partial charge is 0.462 e. The van der Waals surface area contributed by atoms with Crippen LogP contribution < -0.4 is 5.32 Å². The summed E-state index contributed by atoms with van der Waals surface area (Å²) in [6, 6.07) is 3.43. The number of aliphatic hydroxyl groups is 1. The van der Waals surface area contributed by atoms with Crippen molar-refractivity contribution in [3.05, 3.63) is 23.9 Å². The molecule has 0 fully saturated rings. The molecule has 5 heteroatoms. The van der Waals surface area contributed by atoms with Crippen molar-refractivity contribution in [1.82, 2.24) is 4.98 Å². The Morgan fingerprint density at radius 3 is 2.68 bits per heavy atom. The molecule has 0 aliphatic carbocycles. The maximum absolute atomic E-state index is 11.5. The highest BCUT2D eigenvalue weighted by Crippen LogP contribution is 2.20. The quantitative estimate of drug-likeness (QED) is 0.740. The monoisotopic (exact) mass is 266 g/mol. The first-order valence-corrected chi connectivity index (χ1v) is 6.57. The van der Waals surface area contributed by atoms with Gasteiger partial charge in [0.1, 0.15) is 5.82 Å². The van der Waals surface area contributed by atoms with Crippen molar-refractivity contribution in [2.45, 2.75) is 39.2 Å². The molecule has 2 N–H and O–H groups in total. The van der Waals surface area contributed by atoms with Crippen LogP contribution in [-0.2, 0) is 4.74 Å². The van der Waals surface area contributed by atoms with E-state index in [0.717, 1.165) is 6.42 Å². The highest BCUT2D eigenvalue weighted by molar-refractivity contribution is 5.89. The van der Waals surface area contributed by atoms with E-state index in [9.17, 15) is 4.79 Å². The Bertz CT molecular complexity index is 406. The molecule has 0 aliphatic heterocycles. The summed E-state index contributed by atoms with van der Waals surface area (Å²) < 4.78 is 4.90. The number of aliphatic hydroxyl groups excluding tert-OH is 1. The van der Waals surface area contributed by atoms with Gasteiger partial charge in [-0.15, -0.1) is 0 Å². The zero-order valence-corrected chi connectivity index (χ0v) is 11.8. The Kier molecular flexibility index (Phi) is 5.76. The predicted octanol–water partition coefficient (Wildman–Crippen LogP) is 2.22. The van der Waals surface area contributed by atoms with Gasteiger partial charge in [-0.3, -0.25) is 0 Å². The number of hydrogen-bond donors (Lipinski definition) is 2. The van der Waals surface area contributed by atoms with E-state index in [1.807, 2.05) is 6.92 Å². The van der Waals surface area contributed by atoms with Crippen molar-refractivity contribution in [3.8, 4) is 0 Å². The summed E-state index contributed by atoms with van der Waals surface area (Å²) >= 11 is 0. The SMILES string of the molecule is CCOC(=O)c1ccc(NC(C)(CC)CCO)nc1. The Morgan fingerprint density at radius 1 is 1.47 bits per heavy atom. The molecule has 0 bridgehead atoms. The maximum atomic E-state index is 11.5. The lowest BCUT2D eigenvalue weighted by Crippen LogP contribution is -2.35. The minimum absolute atomic E-state index is 0.123. The van der Waals surface area contributed by atoms with Crippen LogP contribution >= 0.6 is 0 Å². The molecule has 1 unspecified atom stereocenters. The zero-order valence-electron chi connectivity index (χ0n) is 11.8. The molecule has 0 saturated heterocycles. The molecule has 0 aliphatic rings. The number of anilines is 1. The summed E-state index contributed by atoms with van der Waals surface area (Å²) in [4.78, 5) is 15.7. The maximum Gasteiger partial charge on any atom is 0.339 e. The number of ether oxygens (including phenoxy) is 1.